The van der Waals surface area contributed by atoms with Gasteiger partial charge in [-0.3, -0.25) is 4.79 Å². The molecule has 144 valence electrons. The number of fused-ring (bicyclic) bond motifs is 1. The van der Waals surface area contributed by atoms with Crippen LogP contribution in [0.15, 0.2) is 24.3 Å². The van der Waals surface area contributed by atoms with Crippen LogP contribution in [-0.2, 0) is 10.0 Å². The minimum absolute atomic E-state index is 0.0456. The molecule has 3 rings (SSSR count). The van der Waals surface area contributed by atoms with Gasteiger partial charge in [-0.2, -0.15) is 0 Å². The maximum atomic E-state index is 12.9. The molecular weight excluding hydrogens is 372 g/mol. The summed E-state index contributed by atoms with van der Waals surface area (Å²) in [4.78, 5) is 14.5. The van der Waals surface area contributed by atoms with Gasteiger partial charge in [0.25, 0.3) is 5.91 Å². The second-order valence-electron chi connectivity index (χ2n) is 7.76. The van der Waals surface area contributed by atoms with Crippen LogP contribution in [-0.4, -0.2) is 55.0 Å². The molecule has 0 bridgehead atoms. The normalized spacial score (nSPS) is 25.9. The summed E-state index contributed by atoms with van der Waals surface area (Å²) in [5.74, 6) is 0.564. The molecule has 0 unspecified atom stereocenters. The lowest BCUT2D eigenvalue weighted by molar-refractivity contribution is 0.0759. The van der Waals surface area contributed by atoms with E-state index in [0.717, 1.165) is 12.8 Å². The van der Waals surface area contributed by atoms with Crippen molar-refractivity contribution in [2.45, 2.75) is 38.4 Å². The Morgan fingerprint density at radius 3 is 2.50 bits per heavy atom. The van der Waals surface area contributed by atoms with Crippen molar-refractivity contribution in [1.82, 2.24) is 9.21 Å². The Balaban J connectivity index is 1.67. The summed E-state index contributed by atoms with van der Waals surface area (Å²) in [7, 11) is -3.25. The first-order valence-electron chi connectivity index (χ1n) is 9.33. The lowest BCUT2D eigenvalue weighted by Gasteiger charge is -2.22. The number of rotatable bonds is 4. The van der Waals surface area contributed by atoms with Crippen LogP contribution in [0.2, 0.25) is 5.02 Å². The van der Waals surface area contributed by atoms with Gasteiger partial charge in [0.15, 0.2) is 0 Å². The third kappa shape index (κ3) is 4.07. The summed E-state index contributed by atoms with van der Waals surface area (Å²) in [5, 5.41) is 0.247. The molecule has 2 heterocycles. The number of nitrogens with zero attached hydrogens (tertiary/aromatic N) is 2. The van der Waals surface area contributed by atoms with E-state index < -0.39 is 10.0 Å². The minimum Gasteiger partial charge on any atom is -0.339 e. The number of carbonyl (C=O) groups excluding carboxylic acids is 1. The molecular formula is C19H27ClN2O3S. The summed E-state index contributed by atoms with van der Waals surface area (Å²) in [6.45, 7) is 6.53. The van der Waals surface area contributed by atoms with E-state index in [9.17, 15) is 13.2 Å². The van der Waals surface area contributed by atoms with E-state index >= 15 is 0 Å². The van der Waals surface area contributed by atoms with Gasteiger partial charge in [-0.25, -0.2) is 12.7 Å². The average Bonchev–Trinajstić information content (AvgIpc) is 2.74. The zero-order valence-corrected chi connectivity index (χ0v) is 17.0. The monoisotopic (exact) mass is 398 g/mol. The molecule has 7 heteroatoms. The highest BCUT2D eigenvalue weighted by molar-refractivity contribution is 7.90. The smallest absolute Gasteiger partial charge is 0.253 e. The number of sulfonamides is 1. The highest BCUT2D eigenvalue weighted by atomic mass is 35.5. The zero-order valence-electron chi connectivity index (χ0n) is 15.4. The number of carbonyl (C=O) groups is 1. The van der Waals surface area contributed by atoms with Crippen LogP contribution in [0.5, 0.6) is 0 Å². The molecule has 0 N–H and O–H groups in total. The van der Waals surface area contributed by atoms with Crippen LogP contribution in [0.25, 0.3) is 0 Å². The van der Waals surface area contributed by atoms with E-state index in [1.165, 1.54) is 0 Å². The molecule has 0 aliphatic carbocycles. The minimum atomic E-state index is -3.25. The SMILES string of the molecule is CC(C)CCN1C[C@@H]2CCN(C(=O)c3ccc(Cl)cc3)CC[C@@H]2S1(=O)=O. The fourth-order valence-corrected chi connectivity index (χ4v) is 6.27. The lowest BCUT2D eigenvalue weighted by atomic mass is 10.0. The van der Waals surface area contributed by atoms with Crippen LogP contribution >= 0.6 is 11.6 Å². The predicted octanol–water partition coefficient (Wildman–Crippen LogP) is 3.25. The molecule has 0 radical (unpaired) electrons. The van der Waals surface area contributed by atoms with Crippen molar-refractivity contribution in [2.24, 2.45) is 11.8 Å². The second kappa shape index (κ2) is 7.87. The fourth-order valence-electron chi connectivity index (χ4n) is 3.89. The first-order chi connectivity index (χ1) is 12.3. The summed E-state index contributed by atoms with van der Waals surface area (Å²) in [6.07, 6.45) is 2.14. The van der Waals surface area contributed by atoms with Gasteiger partial charge < -0.3 is 4.90 Å². The molecule has 5 nitrogen and oxygen atoms in total. The number of likely N-dealkylation sites (tertiary alicyclic amines) is 1. The van der Waals surface area contributed by atoms with Crippen molar-refractivity contribution in [3.8, 4) is 0 Å². The quantitative estimate of drug-likeness (QED) is 0.782. The number of hydrogen-bond donors (Lipinski definition) is 0. The third-order valence-electron chi connectivity index (χ3n) is 5.49. The van der Waals surface area contributed by atoms with Gasteiger partial charge in [-0.1, -0.05) is 25.4 Å². The molecule has 0 spiro atoms. The van der Waals surface area contributed by atoms with Gasteiger partial charge in [-0.05, 0) is 55.4 Å². The van der Waals surface area contributed by atoms with Crippen molar-refractivity contribution >= 4 is 27.5 Å². The van der Waals surface area contributed by atoms with Crippen LogP contribution in [0.4, 0.5) is 0 Å². The van der Waals surface area contributed by atoms with Crippen LogP contribution in [0.1, 0.15) is 43.5 Å². The molecule has 1 aromatic rings. The Kier molecular flexibility index (Phi) is 5.94. The molecule has 2 fully saturated rings. The van der Waals surface area contributed by atoms with Crippen molar-refractivity contribution in [1.29, 1.82) is 0 Å². The van der Waals surface area contributed by atoms with E-state index in [1.807, 2.05) is 0 Å². The average molecular weight is 399 g/mol. The highest BCUT2D eigenvalue weighted by Gasteiger charge is 2.46. The molecule has 0 saturated carbocycles. The van der Waals surface area contributed by atoms with Crippen molar-refractivity contribution in [3.63, 3.8) is 0 Å². The number of amides is 1. The largest absolute Gasteiger partial charge is 0.339 e. The van der Waals surface area contributed by atoms with E-state index in [0.29, 0.717) is 49.1 Å². The number of hydrogen-bond acceptors (Lipinski definition) is 3. The Morgan fingerprint density at radius 1 is 1.19 bits per heavy atom. The van der Waals surface area contributed by atoms with Crippen molar-refractivity contribution in [3.05, 3.63) is 34.9 Å². The van der Waals surface area contributed by atoms with Gasteiger partial charge in [0.2, 0.25) is 10.0 Å². The maximum Gasteiger partial charge on any atom is 0.253 e. The Bertz CT molecular complexity index is 749. The molecule has 0 aromatic heterocycles. The third-order valence-corrected chi connectivity index (χ3v) is 8.18. The fraction of sp³-hybridized carbons (Fsp3) is 0.632. The molecule has 1 aromatic carbocycles. The Morgan fingerprint density at radius 2 is 1.85 bits per heavy atom. The van der Waals surface area contributed by atoms with E-state index in [-0.39, 0.29) is 17.1 Å². The number of halogens is 1. The van der Waals surface area contributed by atoms with E-state index in [4.69, 9.17) is 11.6 Å². The lowest BCUT2D eigenvalue weighted by Crippen LogP contribution is -2.35. The van der Waals surface area contributed by atoms with Crippen molar-refractivity contribution in [2.75, 3.05) is 26.2 Å². The first kappa shape index (κ1) is 19.6. The summed E-state index contributed by atoms with van der Waals surface area (Å²) >= 11 is 5.89. The topological polar surface area (TPSA) is 57.7 Å². The molecule has 2 aliphatic rings. The van der Waals surface area contributed by atoms with Gasteiger partial charge in [0, 0.05) is 36.8 Å². The first-order valence-corrected chi connectivity index (χ1v) is 11.2. The molecule has 1 amide bonds. The zero-order chi connectivity index (χ0) is 18.9. The standard InChI is InChI=1S/C19H27ClN2O3S/c1-14(2)7-12-22-13-16-8-10-21(11-9-18(16)26(22,24)25)19(23)15-3-5-17(20)6-4-15/h3-6,14,16,18H,7-13H2,1-2H3/t16-,18-/m0/s1. The van der Waals surface area contributed by atoms with Crippen LogP contribution in [0, 0.1) is 11.8 Å². The molecule has 2 atom stereocenters. The Hall–Kier alpha value is -1.11. The highest BCUT2D eigenvalue weighted by Crippen LogP contribution is 2.35. The van der Waals surface area contributed by atoms with Gasteiger partial charge >= 0.3 is 0 Å². The molecule has 2 saturated heterocycles. The molecule has 26 heavy (non-hydrogen) atoms. The van der Waals surface area contributed by atoms with E-state index in [1.54, 1.807) is 33.5 Å². The van der Waals surface area contributed by atoms with Gasteiger partial charge in [0.1, 0.15) is 0 Å². The van der Waals surface area contributed by atoms with Gasteiger partial charge in [0.05, 0.1) is 5.25 Å². The second-order valence-corrected chi connectivity index (χ2v) is 10.3. The predicted molar refractivity (Wildman–Crippen MR) is 104 cm³/mol. The van der Waals surface area contributed by atoms with Crippen molar-refractivity contribution < 1.29 is 13.2 Å². The van der Waals surface area contributed by atoms with Crippen LogP contribution in [0.3, 0.4) is 0 Å². The molecule has 2 aliphatic heterocycles. The van der Waals surface area contributed by atoms with Crippen LogP contribution < -0.4 is 0 Å². The summed E-state index contributed by atoms with van der Waals surface area (Å²) in [5.41, 5.74) is 0.600. The van der Waals surface area contributed by atoms with E-state index in [2.05, 4.69) is 13.8 Å². The Labute approximate surface area is 161 Å². The number of benzene rings is 1. The summed E-state index contributed by atoms with van der Waals surface area (Å²) < 4.78 is 27.4. The van der Waals surface area contributed by atoms with Gasteiger partial charge in [-0.15, -0.1) is 0 Å². The maximum absolute atomic E-state index is 12.9. The summed E-state index contributed by atoms with van der Waals surface area (Å²) in [6, 6.07) is 6.86.